The van der Waals surface area contributed by atoms with Gasteiger partial charge in [0.05, 0.1) is 13.2 Å². The third kappa shape index (κ3) is 7.77. The predicted octanol–water partition coefficient (Wildman–Crippen LogP) is 1.63. The maximum Gasteiger partial charge on any atom is 0.0558 e. The fourth-order valence-electron chi connectivity index (χ4n) is 1.86. The van der Waals surface area contributed by atoms with Crippen molar-refractivity contribution in [1.82, 2.24) is 4.90 Å². The molecule has 0 heterocycles. The van der Waals surface area contributed by atoms with E-state index in [0.717, 1.165) is 0 Å². The van der Waals surface area contributed by atoms with Crippen LogP contribution in [0.2, 0.25) is 0 Å². The highest BCUT2D eigenvalue weighted by Crippen LogP contribution is 2.10. The fraction of sp³-hybridized carbons (Fsp3) is 1.00. The third-order valence-electron chi connectivity index (χ3n) is 2.87. The van der Waals surface area contributed by atoms with Gasteiger partial charge in [-0.25, -0.2) is 0 Å². The number of aliphatic hydroxyl groups excluding tert-OH is 2. The molecule has 0 aromatic rings. The fourth-order valence-corrected chi connectivity index (χ4v) is 1.86. The lowest BCUT2D eigenvalue weighted by Gasteiger charge is -2.27. The van der Waals surface area contributed by atoms with Crippen molar-refractivity contribution in [2.24, 2.45) is 0 Å². The lowest BCUT2D eigenvalue weighted by Crippen LogP contribution is -2.37. The maximum atomic E-state index is 8.90. The molecule has 0 rings (SSSR count). The molecule has 0 bridgehead atoms. The van der Waals surface area contributed by atoms with Crippen LogP contribution in [0, 0.1) is 0 Å². The highest BCUT2D eigenvalue weighted by Gasteiger charge is 2.11. The van der Waals surface area contributed by atoms with Gasteiger partial charge in [0.2, 0.25) is 0 Å². The van der Waals surface area contributed by atoms with E-state index in [-0.39, 0.29) is 13.2 Å². The van der Waals surface area contributed by atoms with E-state index < -0.39 is 0 Å². The summed E-state index contributed by atoms with van der Waals surface area (Å²) >= 11 is 0. The number of aliphatic hydroxyl groups is 2. The molecule has 0 aromatic carbocycles. The smallest absolute Gasteiger partial charge is 0.0558 e. The molecule has 3 nitrogen and oxygen atoms in total. The van der Waals surface area contributed by atoms with E-state index in [2.05, 4.69) is 18.7 Å². The molecule has 1 atom stereocenters. The summed E-state index contributed by atoms with van der Waals surface area (Å²) in [6.07, 6.45) is 6.30. The molecule has 0 radical (unpaired) electrons. The summed E-state index contributed by atoms with van der Waals surface area (Å²) in [5, 5.41) is 17.8. The Morgan fingerprint density at radius 2 is 1.60 bits per heavy atom. The van der Waals surface area contributed by atoms with Crippen LogP contribution in [0.3, 0.4) is 0 Å². The lowest BCUT2D eigenvalue weighted by molar-refractivity contribution is 0.123. The lowest BCUT2D eigenvalue weighted by atomic mass is 10.1. The van der Waals surface area contributed by atoms with Crippen molar-refractivity contribution in [2.45, 2.75) is 52.0 Å². The normalized spacial score (nSPS) is 13.4. The average molecular weight is 217 g/mol. The minimum Gasteiger partial charge on any atom is -0.395 e. The molecular weight excluding hydrogens is 190 g/mol. The number of rotatable bonds is 10. The largest absolute Gasteiger partial charge is 0.395 e. The summed E-state index contributed by atoms with van der Waals surface area (Å²) in [6, 6.07) is 0.473. The zero-order valence-corrected chi connectivity index (χ0v) is 10.3. The summed E-state index contributed by atoms with van der Waals surface area (Å²) in [7, 11) is 0. The highest BCUT2D eigenvalue weighted by atomic mass is 16.3. The van der Waals surface area contributed by atoms with Crippen molar-refractivity contribution >= 4 is 0 Å². The Bertz CT molecular complexity index is 125. The molecule has 0 aliphatic carbocycles. The van der Waals surface area contributed by atoms with Gasteiger partial charge in [0.25, 0.3) is 0 Å². The van der Waals surface area contributed by atoms with Crippen molar-refractivity contribution < 1.29 is 10.2 Å². The molecule has 15 heavy (non-hydrogen) atoms. The van der Waals surface area contributed by atoms with Gasteiger partial charge in [-0.15, -0.1) is 0 Å². The van der Waals surface area contributed by atoms with Gasteiger partial charge < -0.3 is 10.2 Å². The molecule has 0 spiro atoms. The van der Waals surface area contributed by atoms with Crippen LogP contribution >= 0.6 is 0 Å². The summed E-state index contributed by atoms with van der Waals surface area (Å²) in [5.41, 5.74) is 0. The first-order chi connectivity index (χ1) is 7.26. The van der Waals surface area contributed by atoms with Crippen molar-refractivity contribution in [3.8, 4) is 0 Å². The second kappa shape index (κ2) is 10.4. The van der Waals surface area contributed by atoms with Crippen LogP contribution in [0.15, 0.2) is 0 Å². The maximum absolute atomic E-state index is 8.90. The topological polar surface area (TPSA) is 43.7 Å². The Morgan fingerprint density at radius 1 is 1.00 bits per heavy atom. The van der Waals surface area contributed by atoms with Crippen LogP contribution in [0.5, 0.6) is 0 Å². The first-order valence-electron chi connectivity index (χ1n) is 6.22. The van der Waals surface area contributed by atoms with Crippen molar-refractivity contribution in [3.63, 3.8) is 0 Å². The van der Waals surface area contributed by atoms with Gasteiger partial charge in [-0.2, -0.15) is 0 Å². The van der Waals surface area contributed by atoms with Crippen LogP contribution in [0.25, 0.3) is 0 Å². The summed E-state index contributed by atoms with van der Waals surface area (Å²) in [4.78, 5) is 2.16. The van der Waals surface area contributed by atoms with Crippen LogP contribution in [-0.2, 0) is 0 Å². The van der Waals surface area contributed by atoms with Gasteiger partial charge in [-0.1, -0.05) is 32.6 Å². The van der Waals surface area contributed by atoms with Crippen LogP contribution in [0.1, 0.15) is 46.0 Å². The van der Waals surface area contributed by atoms with E-state index in [1.165, 1.54) is 32.1 Å². The number of unbranched alkanes of at least 4 members (excludes halogenated alkanes) is 3. The van der Waals surface area contributed by atoms with Gasteiger partial charge in [0.15, 0.2) is 0 Å². The second-order valence-electron chi connectivity index (χ2n) is 4.18. The van der Waals surface area contributed by atoms with Gasteiger partial charge in [-0.05, 0) is 13.3 Å². The molecule has 0 saturated carbocycles. The zero-order valence-electron chi connectivity index (χ0n) is 10.3. The predicted molar refractivity (Wildman–Crippen MR) is 64.0 cm³/mol. The first kappa shape index (κ1) is 14.9. The Balaban J connectivity index is 3.65. The summed E-state index contributed by atoms with van der Waals surface area (Å²) < 4.78 is 0. The average Bonchev–Trinajstić information content (AvgIpc) is 2.24. The molecule has 3 heteroatoms. The Hall–Kier alpha value is -0.120. The van der Waals surface area contributed by atoms with Crippen LogP contribution in [0.4, 0.5) is 0 Å². The van der Waals surface area contributed by atoms with Gasteiger partial charge in [0, 0.05) is 19.1 Å². The van der Waals surface area contributed by atoms with E-state index in [4.69, 9.17) is 10.2 Å². The molecule has 2 N–H and O–H groups in total. The Morgan fingerprint density at radius 3 is 2.07 bits per heavy atom. The van der Waals surface area contributed by atoms with Gasteiger partial charge >= 0.3 is 0 Å². The minimum atomic E-state index is 0.180. The van der Waals surface area contributed by atoms with E-state index in [0.29, 0.717) is 19.1 Å². The first-order valence-corrected chi connectivity index (χ1v) is 6.22. The molecule has 0 saturated heterocycles. The monoisotopic (exact) mass is 217 g/mol. The molecule has 0 aliphatic rings. The number of nitrogens with zero attached hydrogens (tertiary/aromatic N) is 1. The number of hydrogen-bond donors (Lipinski definition) is 2. The van der Waals surface area contributed by atoms with Crippen molar-refractivity contribution in [3.05, 3.63) is 0 Å². The SMILES string of the molecule is CCCCCCC(C)N(CCO)CCO. The molecule has 1 unspecified atom stereocenters. The Labute approximate surface area is 94.1 Å². The van der Waals surface area contributed by atoms with E-state index in [1.807, 2.05) is 0 Å². The number of hydrogen-bond acceptors (Lipinski definition) is 3. The van der Waals surface area contributed by atoms with E-state index in [1.54, 1.807) is 0 Å². The molecule has 92 valence electrons. The van der Waals surface area contributed by atoms with Crippen LogP contribution in [-0.4, -0.2) is 47.5 Å². The molecule has 0 fully saturated rings. The minimum absolute atomic E-state index is 0.180. The summed E-state index contributed by atoms with van der Waals surface area (Å²) in [5.74, 6) is 0. The molecule has 0 amide bonds. The second-order valence-corrected chi connectivity index (χ2v) is 4.18. The molecule has 0 aromatic heterocycles. The van der Waals surface area contributed by atoms with Crippen molar-refractivity contribution in [1.29, 1.82) is 0 Å². The van der Waals surface area contributed by atoms with Crippen molar-refractivity contribution in [2.75, 3.05) is 26.3 Å². The quantitative estimate of drug-likeness (QED) is 0.547. The standard InChI is InChI=1S/C12H27NO2/c1-3-4-5-6-7-12(2)13(8-10-14)9-11-15/h12,14-15H,3-11H2,1-2H3. The van der Waals surface area contributed by atoms with Gasteiger partial charge in [0.1, 0.15) is 0 Å². The van der Waals surface area contributed by atoms with Crippen LogP contribution < -0.4 is 0 Å². The third-order valence-corrected chi connectivity index (χ3v) is 2.87. The molecular formula is C12H27NO2. The Kier molecular flexibility index (Phi) is 10.3. The zero-order chi connectivity index (χ0) is 11.5. The molecule has 0 aliphatic heterocycles. The highest BCUT2D eigenvalue weighted by molar-refractivity contribution is 4.66. The summed E-state index contributed by atoms with van der Waals surface area (Å²) in [6.45, 7) is 6.11. The van der Waals surface area contributed by atoms with E-state index in [9.17, 15) is 0 Å². The van der Waals surface area contributed by atoms with Gasteiger partial charge in [-0.3, -0.25) is 4.90 Å². The van der Waals surface area contributed by atoms with E-state index >= 15 is 0 Å².